The number of rotatable bonds is 6. The molecule has 4 heteroatoms. The number of aliphatic hydroxyl groups excluding tert-OH is 1. The molecule has 0 fully saturated rings. The van der Waals surface area contributed by atoms with E-state index in [9.17, 15) is 0 Å². The Morgan fingerprint density at radius 3 is 2.18 bits per heavy atom. The number of halogens is 1. The molecule has 0 heterocycles. The molecule has 0 rings (SSSR count). The minimum absolute atomic E-state index is 0. The molecule has 0 aromatic heterocycles. The summed E-state index contributed by atoms with van der Waals surface area (Å²) >= 11 is 0. The quantitative estimate of drug-likeness (QED) is 0.615. The fourth-order valence-corrected chi connectivity index (χ4v) is 0.878. The topological polar surface area (TPSA) is 72.3 Å². The molecule has 0 saturated heterocycles. The van der Waals surface area contributed by atoms with Crippen molar-refractivity contribution in [3.8, 4) is 0 Å². The molecule has 0 radical (unpaired) electrons. The van der Waals surface area contributed by atoms with E-state index in [0.717, 1.165) is 25.7 Å². The van der Waals surface area contributed by atoms with E-state index in [2.05, 4.69) is 0 Å². The molecular weight excluding hydrogens is 208 g/mol. The standard InChI is InChI=1S/C7H18N2O.BrH/c8-5-1-3-7(9)4-2-6-10;/h7,10H,1-6,8-9H2;1H. The van der Waals surface area contributed by atoms with Crippen LogP contribution >= 0.6 is 17.0 Å². The Hall–Kier alpha value is 0.360. The van der Waals surface area contributed by atoms with Crippen LogP contribution in [-0.2, 0) is 0 Å². The van der Waals surface area contributed by atoms with E-state index in [1.807, 2.05) is 0 Å². The highest BCUT2D eigenvalue weighted by atomic mass is 79.9. The lowest BCUT2D eigenvalue weighted by molar-refractivity contribution is 0.278. The summed E-state index contributed by atoms with van der Waals surface area (Å²) in [5.41, 5.74) is 11.0. The van der Waals surface area contributed by atoms with E-state index < -0.39 is 0 Å². The van der Waals surface area contributed by atoms with Crippen molar-refractivity contribution in [1.82, 2.24) is 0 Å². The summed E-state index contributed by atoms with van der Waals surface area (Å²) in [5, 5.41) is 8.46. The maximum Gasteiger partial charge on any atom is 0.0431 e. The Balaban J connectivity index is 0. The second-order valence-electron chi connectivity index (χ2n) is 2.56. The van der Waals surface area contributed by atoms with Gasteiger partial charge in [-0.2, -0.15) is 0 Å². The van der Waals surface area contributed by atoms with Gasteiger partial charge in [-0.05, 0) is 32.2 Å². The fraction of sp³-hybridized carbons (Fsp3) is 1.00. The van der Waals surface area contributed by atoms with E-state index in [4.69, 9.17) is 16.6 Å². The van der Waals surface area contributed by atoms with E-state index >= 15 is 0 Å². The molecule has 11 heavy (non-hydrogen) atoms. The van der Waals surface area contributed by atoms with E-state index in [-0.39, 0.29) is 29.6 Å². The summed E-state index contributed by atoms with van der Waals surface area (Å²) in [5.74, 6) is 0. The van der Waals surface area contributed by atoms with Gasteiger partial charge in [-0.1, -0.05) is 0 Å². The van der Waals surface area contributed by atoms with Crippen molar-refractivity contribution in [2.45, 2.75) is 31.7 Å². The molecule has 1 unspecified atom stereocenters. The fourth-order valence-electron chi connectivity index (χ4n) is 0.878. The molecule has 0 bridgehead atoms. The van der Waals surface area contributed by atoms with Gasteiger partial charge in [0, 0.05) is 12.6 Å². The lowest BCUT2D eigenvalue weighted by atomic mass is 10.1. The first-order valence-electron chi connectivity index (χ1n) is 3.87. The Kier molecular flexibility index (Phi) is 13.1. The summed E-state index contributed by atoms with van der Waals surface area (Å²) in [6.45, 7) is 0.961. The van der Waals surface area contributed by atoms with Gasteiger partial charge in [0.15, 0.2) is 0 Å². The van der Waals surface area contributed by atoms with Crippen LogP contribution in [0.15, 0.2) is 0 Å². The van der Waals surface area contributed by atoms with Crippen molar-refractivity contribution < 1.29 is 5.11 Å². The minimum Gasteiger partial charge on any atom is -0.396 e. The van der Waals surface area contributed by atoms with Gasteiger partial charge in [0.2, 0.25) is 0 Å². The van der Waals surface area contributed by atoms with Crippen LogP contribution in [0.4, 0.5) is 0 Å². The Morgan fingerprint density at radius 1 is 1.18 bits per heavy atom. The summed E-state index contributed by atoms with van der Waals surface area (Å²) in [7, 11) is 0. The molecule has 1 atom stereocenters. The van der Waals surface area contributed by atoms with E-state index in [1.54, 1.807) is 0 Å². The van der Waals surface area contributed by atoms with Crippen LogP contribution in [0.2, 0.25) is 0 Å². The Labute approximate surface area is 78.9 Å². The zero-order chi connectivity index (χ0) is 7.82. The number of hydrogen-bond donors (Lipinski definition) is 3. The van der Waals surface area contributed by atoms with Gasteiger partial charge in [-0.25, -0.2) is 0 Å². The van der Waals surface area contributed by atoms with Gasteiger partial charge in [-0.15, -0.1) is 17.0 Å². The molecular formula is C7H19BrN2O. The molecule has 0 saturated carbocycles. The second kappa shape index (κ2) is 10.4. The normalized spacial score (nSPS) is 12.3. The Morgan fingerprint density at radius 2 is 1.73 bits per heavy atom. The summed E-state index contributed by atoms with van der Waals surface area (Å²) in [4.78, 5) is 0. The first-order valence-corrected chi connectivity index (χ1v) is 3.87. The molecule has 0 aromatic carbocycles. The highest BCUT2D eigenvalue weighted by Crippen LogP contribution is 2.00. The maximum atomic E-state index is 8.46. The van der Waals surface area contributed by atoms with Gasteiger partial charge in [0.25, 0.3) is 0 Å². The van der Waals surface area contributed by atoms with Gasteiger partial charge in [0.1, 0.15) is 0 Å². The van der Waals surface area contributed by atoms with Crippen molar-refractivity contribution in [3.05, 3.63) is 0 Å². The second-order valence-corrected chi connectivity index (χ2v) is 2.56. The number of aliphatic hydroxyl groups is 1. The molecule has 70 valence electrons. The van der Waals surface area contributed by atoms with Gasteiger partial charge >= 0.3 is 0 Å². The molecule has 0 amide bonds. The average molecular weight is 227 g/mol. The van der Waals surface area contributed by atoms with Crippen molar-refractivity contribution in [1.29, 1.82) is 0 Å². The van der Waals surface area contributed by atoms with Crippen LogP contribution in [0.25, 0.3) is 0 Å². The molecule has 3 nitrogen and oxygen atoms in total. The lowest BCUT2D eigenvalue weighted by Gasteiger charge is -2.08. The number of hydrogen-bond acceptors (Lipinski definition) is 3. The van der Waals surface area contributed by atoms with Crippen molar-refractivity contribution >= 4 is 17.0 Å². The Bertz CT molecular complexity index is 65.5. The summed E-state index contributed by atoms with van der Waals surface area (Å²) in [6.07, 6.45) is 3.70. The third kappa shape index (κ3) is 10.4. The van der Waals surface area contributed by atoms with E-state index in [1.165, 1.54) is 0 Å². The van der Waals surface area contributed by atoms with Crippen molar-refractivity contribution in [2.75, 3.05) is 13.2 Å². The van der Waals surface area contributed by atoms with E-state index in [0.29, 0.717) is 6.54 Å². The largest absolute Gasteiger partial charge is 0.396 e. The van der Waals surface area contributed by atoms with Crippen LogP contribution in [0.1, 0.15) is 25.7 Å². The van der Waals surface area contributed by atoms with Crippen LogP contribution in [0.3, 0.4) is 0 Å². The smallest absolute Gasteiger partial charge is 0.0431 e. The van der Waals surface area contributed by atoms with Crippen LogP contribution < -0.4 is 11.5 Å². The summed E-state index contributed by atoms with van der Waals surface area (Å²) < 4.78 is 0. The van der Waals surface area contributed by atoms with Gasteiger partial charge < -0.3 is 16.6 Å². The van der Waals surface area contributed by atoms with Gasteiger partial charge in [0.05, 0.1) is 0 Å². The first kappa shape index (κ1) is 13.9. The predicted octanol–water partition coefficient (Wildman–Crippen LogP) is 0.403. The maximum absolute atomic E-state index is 8.46. The first-order chi connectivity index (χ1) is 4.81. The zero-order valence-electron chi connectivity index (χ0n) is 6.83. The molecule has 0 aliphatic heterocycles. The third-order valence-electron chi connectivity index (χ3n) is 1.51. The highest BCUT2D eigenvalue weighted by Gasteiger charge is 1.99. The third-order valence-corrected chi connectivity index (χ3v) is 1.51. The molecule has 5 N–H and O–H groups in total. The molecule has 0 aliphatic rings. The lowest BCUT2D eigenvalue weighted by Crippen LogP contribution is -2.21. The monoisotopic (exact) mass is 226 g/mol. The predicted molar refractivity (Wildman–Crippen MR) is 52.9 cm³/mol. The number of nitrogens with two attached hydrogens (primary N) is 2. The average Bonchev–Trinajstić information content (AvgIpc) is 1.97. The van der Waals surface area contributed by atoms with Crippen LogP contribution in [0, 0.1) is 0 Å². The highest BCUT2D eigenvalue weighted by molar-refractivity contribution is 8.93. The minimum atomic E-state index is 0. The van der Waals surface area contributed by atoms with Crippen molar-refractivity contribution in [3.63, 3.8) is 0 Å². The van der Waals surface area contributed by atoms with Gasteiger partial charge in [-0.3, -0.25) is 0 Å². The van der Waals surface area contributed by atoms with Crippen LogP contribution in [0.5, 0.6) is 0 Å². The molecule has 0 aromatic rings. The van der Waals surface area contributed by atoms with Crippen LogP contribution in [-0.4, -0.2) is 24.3 Å². The SMILES string of the molecule is Br.NCCCC(N)CCCO. The van der Waals surface area contributed by atoms with Crippen molar-refractivity contribution in [2.24, 2.45) is 11.5 Å². The zero-order valence-corrected chi connectivity index (χ0v) is 8.54. The summed E-state index contributed by atoms with van der Waals surface area (Å²) in [6, 6.07) is 0.232. The molecule has 0 aliphatic carbocycles. The molecule has 0 spiro atoms.